The van der Waals surface area contributed by atoms with Crippen LogP contribution in [0, 0.1) is 5.41 Å². The summed E-state index contributed by atoms with van der Waals surface area (Å²) in [7, 11) is 0. The highest BCUT2D eigenvalue weighted by Crippen LogP contribution is 2.26. The lowest BCUT2D eigenvalue weighted by atomic mass is 9.83. The van der Waals surface area contributed by atoms with Gasteiger partial charge in [0, 0.05) is 17.6 Å². The van der Waals surface area contributed by atoms with E-state index in [1.807, 2.05) is 6.07 Å². The van der Waals surface area contributed by atoms with Gasteiger partial charge < -0.3 is 20.4 Å². The number of anilines is 1. The lowest BCUT2D eigenvalue weighted by molar-refractivity contribution is 0.127. The number of hydrogen-bond acceptors (Lipinski definition) is 4. The fraction of sp³-hybridized carbons (Fsp3) is 0.467. The molecule has 2 rings (SSSR count). The molecule has 21 heavy (non-hydrogen) atoms. The molecule has 0 atom stereocenters. The summed E-state index contributed by atoms with van der Waals surface area (Å²) in [6, 6.07) is 5.36. The van der Waals surface area contributed by atoms with E-state index in [-0.39, 0.29) is 12.0 Å². The maximum Gasteiger partial charge on any atom is 0.314 e. The molecule has 0 spiro atoms. The highest BCUT2D eigenvalue weighted by Gasteiger charge is 2.24. The van der Waals surface area contributed by atoms with E-state index < -0.39 is 11.1 Å². The van der Waals surface area contributed by atoms with E-state index in [9.17, 15) is 14.7 Å². The van der Waals surface area contributed by atoms with Crippen molar-refractivity contribution in [1.29, 1.82) is 0 Å². The van der Waals surface area contributed by atoms with Crippen molar-refractivity contribution in [3.8, 4) is 0 Å². The summed E-state index contributed by atoms with van der Waals surface area (Å²) < 4.78 is 0. The molecule has 0 unspecified atom stereocenters. The molecule has 114 valence electrons. The minimum Gasteiger partial charge on any atom is -0.396 e. The van der Waals surface area contributed by atoms with Crippen LogP contribution in [0.3, 0.4) is 0 Å². The van der Waals surface area contributed by atoms with Crippen molar-refractivity contribution in [3.05, 3.63) is 38.9 Å². The number of H-pyrrole nitrogens is 2. The van der Waals surface area contributed by atoms with Crippen LogP contribution in [0.25, 0.3) is 11.0 Å². The van der Waals surface area contributed by atoms with Gasteiger partial charge in [-0.05, 0) is 31.0 Å². The van der Waals surface area contributed by atoms with Gasteiger partial charge in [-0.3, -0.25) is 9.59 Å². The van der Waals surface area contributed by atoms with Crippen LogP contribution < -0.4 is 16.4 Å². The maximum absolute atomic E-state index is 11.3. The first-order chi connectivity index (χ1) is 10.0. The second-order valence-corrected chi connectivity index (χ2v) is 5.39. The van der Waals surface area contributed by atoms with Gasteiger partial charge in [0.15, 0.2) is 0 Å². The van der Waals surface area contributed by atoms with E-state index in [0.29, 0.717) is 17.6 Å². The predicted molar refractivity (Wildman–Crippen MR) is 83.8 cm³/mol. The summed E-state index contributed by atoms with van der Waals surface area (Å²) >= 11 is 0. The van der Waals surface area contributed by atoms with Gasteiger partial charge in [-0.25, -0.2) is 0 Å². The molecule has 0 amide bonds. The van der Waals surface area contributed by atoms with Crippen molar-refractivity contribution < 1.29 is 5.11 Å². The Morgan fingerprint density at radius 1 is 1.10 bits per heavy atom. The lowest BCUT2D eigenvalue weighted by Gasteiger charge is -2.30. The van der Waals surface area contributed by atoms with Gasteiger partial charge in [0.25, 0.3) is 0 Å². The molecular weight excluding hydrogens is 270 g/mol. The second-order valence-electron chi connectivity index (χ2n) is 5.39. The number of aliphatic hydroxyl groups is 1. The van der Waals surface area contributed by atoms with Crippen LogP contribution in [0.1, 0.15) is 26.7 Å². The number of aromatic nitrogens is 2. The zero-order chi connectivity index (χ0) is 15.5. The molecule has 0 bridgehead atoms. The molecule has 1 heterocycles. The molecule has 0 radical (unpaired) electrons. The van der Waals surface area contributed by atoms with Crippen LogP contribution in [0.2, 0.25) is 0 Å². The van der Waals surface area contributed by atoms with Crippen LogP contribution in [0.15, 0.2) is 27.8 Å². The molecule has 0 aliphatic rings. The van der Waals surface area contributed by atoms with E-state index in [1.165, 1.54) is 0 Å². The van der Waals surface area contributed by atoms with Gasteiger partial charge in [-0.1, -0.05) is 13.8 Å². The minimum absolute atomic E-state index is 0.130. The smallest absolute Gasteiger partial charge is 0.314 e. The first kappa shape index (κ1) is 15.3. The van der Waals surface area contributed by atoms with Crippen molar-refractivity contribution >= 4 is 16.7 Å². The fourth-order valence-electron chi connectivity index (χ4n) is 2.29. The number of nitrogens with one attached hydrogen (secondary N) is 3. The Morgan fingerprint density at radius 2 is 1.71 bits per heavy atom. The maximum atomic E-state index is 11.3. The quantitative estimate of drug-likeness (QED) is 0.605. The average molecular weight is 291 g/mol. The van der Waals surface area contributed by atoms with E-state index in [1.54, 1.807) is 12.1 Å². The van der Waals surface area contributed by atoms with Crippen molar-refractivity contribution in [2.45, 2.75) is 26.7 Å². The number of benzene rings is 1. The number of aromatic amines is 2. The first-order valence-corrected chi connectivity index (χ1v) is 7.14. The minimum atomic E-state index is -0.661. The Morgan fingerprint density at radius 3 is 2.29 bits per heavy atom. The topological polar surface area (TPSA) is 98.0 Å². The Balaban J connectivity index is 2.25. The molecule has 6 nitrogen and oxygen atoms in total. The van der Waals surface area contributed by atoms with Gasteiger partial charge in [-0.15, -0.1) is 0 Å². The van der Waals surface area contributed by atoms with Crippen LogP contribution in [0.4, 0.5) is 5.69 Å². The monoisotopic (exact) mass is 291 g/mol. The first-order valence-electron chi connectivity index (χ1n) is 7.14. The zero-order valence-corrected chi connectivity index (χ0v) is 12.3. The molecular formula is C15H21N3O3. The summed E-state index contributed by atoms with van der Waals surface area (Å²) in [6.07, 6.45) is 1.76. The van der Waals surface area contributed by atoms with Gasteiger partial charge in [-0.2, -0.15) is 0 Å². The standard InChI is InChI=1S/C15H21N3O3/c1-3-15(4-2,9-19)8-16-10-5-6-11-12(7-10)18-14(21)13(20)17-11/h5-7,16,19H,3-4,8-9H2,1-2H3,(H,17,20)(H,18,21). The Kier molecular flexibility index (Phi) is 4.47. The van der Waals surface area contributed by atoms with Crippen LogP contribution in [-0.4, -0.2) is 28.2 Å². The number of rotatable bonds is 6. The van der Waals surface area contributed by atoms with E-state index in [0.717, 1.165) is 18.5 Å². The van der Waals surface area contributed by atoms with Crippen LogP contribution in [0.5, 0.6) is 0 Å². The second kappa shape index (κ2) is 6.13. The molecule has 4 N–H and O–H groups in total. The summed E-state index contributed by atoms with van der Waals surface area (Å²) in [6.45, 7) is 4.90. The van der Waals surface area contributed by atoms with Crippen LogP contribution in [-0.2, 0) is 0 Å². The molecule has 0 fully saturated rings. The molecule has 1 aromatic carbocycles. The molecule has 2 aromatic rings. The Labute approximate surface area is 122 Å². The normalized spacial score (nSPS) is 11.8. The lowest BCUT2D eigenvalue weighted by Crippen LogP contribution is -2.32. The average Bonchev–Trinajstić information content (AvgIpc) is 2.50. The van der Waals surface area contributed by atoms with Crippen molar-refractivity contribution in [1.82, 2.24) is 9.97 Å². The Hall–Kier alpha value is -2.08. The van der Waals surface area contributed by atoms with E-state index in [2.05, 4.69) is 29.1 Å². The summed E-state index contributed by atoms with van der Waals surface area (Å²) in [5.41, 5.74) is 0.542. The highest BCUT2D eigenvalue weighted by molar-refractivity contribution is 5.78. The van der Waals surface area contributed by atoms with Crippen molar-refractivity contribution in [2.24, 2.45) is 5.41 Å². The molecule has 0 saturated heterocycles. The van der Waals surface area contributed by atoms with Crippen LogP contribution >= 0.6 is 0 Å². The third-order valence-electron chi connectivity index (χ3n) is 4.23. The largest absolute Gasteiger partial charge is 0.396 e. The van der Waals surface area contributed by atoms with Crippen molar-refractivity contribution in [2.75, 3.05) is 18.5 Å². The molecule has 0 saturated carbocycles. The SMILES string of the molecule is CCC(CC)(CO)CNc1ccc2[nH]c(=O)c(=O)[nH]c2c1. The molecule has 0 aliphatic carbocycles. The summed E-state index contributed by atoms with van der Waals surface area (Å²) in [4.78, 5) is 27.7. The fourth-order valence-corrected chi connectivity index (χ4v) is 2.29. The predicted octanol–water partition coefficient (Wildman–Crippen LogP) is 1.43. The Bertz CT molecular complexity index is 720. The van der Waals surface area contributed by atoms with Crippen molar-refractivity contribution in [3.63, 3.8) is 0 Å². The molecule has 6 heteroatoms. The zero-order valence-electron chi connectivity index (χ0n) is 12.3. The summed E-state index contributed by atoms with van der Waals surface area (Å²) in [5, 5.41) is 12.9. The third-order valence-corrected chi connectivity index (χ3v) is 4.23. The van der Waals surface area contributed by atoms with E-state index >= 15 is 0 Å². The number of aliphatic hydroxyl groups excluding tert-OH is 1. The number of hydrogen-bond donors (Lipinski definition) is 4. The molecule has 1 aromatic heterocycles. The van der Waals surface area contributed by atoms with Gasteiger partial charge >= 0.3 is 11.1 Å². The van der Waals surface area contributed by atoms with Gasteiger partial charge in [0.1, 0.15) is 0 Å². The highest BCUT2D eigenvalue weighted by atomic mass is 16.3. The summed E-state index contributed by atoms with van der Waals surface area (Å²) in [5.74, 6) is 0. The van der Waals surface area contributed by atoms with Gasteiger partial charge in [0.05, 0.1) is 17.6 Å². The molecule has 0 aliphatic heterocycles. The third kappa shape index (κ3) is 3.16. The van der Waals surface area contributed by atoms with E-state index in [4.69, 9.17) is 0 Å². The number of fused-ring (bicyclic) bond motifs is 1. The van der Waals surface area contributed by atoms with Gasteiger partial charge in [0.2, 0.25) is 0 Å².